The Morgan fingerprint density at radius 3 is 1.25 bits per heavy atom. The summed E-state index contributed by atoms with van der Waals surface area (Å²) in [5, 5.41) is 39.1. The lowest BCUT2D eigenvalue weighted by atomic mass is 10.1. The highest BCUT2D eigenvalue weighted by Crippen LogP contribution is 2.35. The Morgan fingerprint density at radius 1 is 0.443 bits per heavy atom. The van der Waals surface area contributed by atoms with Crippen LogP contribution in [0.4, 0.5) is 61.7 Å². The zero-order valence-corrected chi connectivity index (χ0v) is 65.0. The van der Waals surface area contributed by atoms with Gasteiger partial charge in [-0.15, -0.1) is 0 Å². The van der Waals surface area contributed by atoms with Crippen LogP contribution < -0.4 is 45.0 Å². The molecule has 4 N–H and O–H groups in total. The molecule has 0 spiro atoms. The Labute approximate surface area is 671 Å². The fourth-order valence-electron chi connectivity index (χ4n) is 15.5. The molecule has 0 unspecified atom stereocenters. The zero-order valence-electron chi connectivity index (χ0n) is 64.2. The number of piperazine rings is 3. The SMILES string of the molecule is N#Cc1cc(-c2nccc(Nc3ccc(N4CCN(C5COC5)CC4)c(F)c3)n2)ccc1OC1CCOCC1.N#Cc1cc(-c2nccc(Nc3ccc(N4CCN(C5COC5)CC4)cc3)n2)ccc1N1CCCC1=O.N#Cc1cc(-c2nccc(Nc3ccc(N4CCN(C5COC5)CC4)cc3)n2)ccc1OC1CC[S+](O)CC1. The summed E-state index contributed by atoms with van der Waals surface area (Å²) in [6.07, 6.45) is 9.68. The van der Waals surface area contributed by atoms with Crippen molar-refractivity contribution in [3.63, 3.8) is 0 Å². The number of anilines is 10. The summed E-state index contributed by atoms with van der Waals surface area (Å²) in [6.45, 7) is 18.8. The van der Waals surface area contributed by atoms with E-state index in [1.54, 1.807) is 53.8 Å². The van der Waals surface area contributed by atoms with Crippen molar-refractivity contribution < 1.29 is 42.2 Å². The lowest BCUT2D eigenvalue weighted by Crippen LogP contribution is -2.56. The van der Waals surface area contributed by atoms with Crippen molar-refractivity contribution in [2.75, 3.05) is 185 Å². The largest absolute Gasteiger partial charge is 0.489 e. The topological polar surface area (TPSA) is 300 Å². The van der Waals surface area contributed by atoms with E-state index in [9.17, 15) is 25.1 Å². The molecule has 6 aromatic carbocycles. The summed E-state index contributed by atoms with van der Waals surface area (Å²) in [5.41, 5.74) is 9.74. The molecule has 0 atom stereocenters. The molecule has 592 valence electrons. The molecule has 0 aliphatic carbocycles. The molecule has 9 aliphatic heterocycles. The van der Waals surface area contributed by atoms with Crippen molar-refractivity contribution in [1.82, 2.24) is 44.6 Å². The van der Waals surface area contributed by atoms with Gasteiger partial charge in [-0.3, -0.25) is 19.5 Å². The van der Waals surface area contributed by atoms with Gasteiger partial charge in [-0.2, -0.15) is 20.3 Å². The van der Waals surface area contributed by atoms with Crippen LogP contribution in [-0.4, -0.2) is 235 Å². The molecule has 115 heavy (non-hydrogen) atoms. The maximum absolute atomic E-state index is 15.1. The second-order valence-corrected chi connectivity index (χ2v) is 31.6. The first-order chi connectivity index (χ1) is 56.5. The lowest BCUT2D eigenvalue weighted by Gasteiger charge is -2.43. The van der Waals surface area contributed by atoms with Crippen molar-refractivity contribution in [2.45, 2.75) is 68.9 Å². The number of carbonyl (C=O) groups is 1. The first-order valence-electron chi connectivity index (χ1n) is 39.7. The molecule has 12 heterocycles. The number of rotatable bonds is 20. The molecule has 9 aromatic rings. The third-order valence-electron chi connectivity index (χ3n) is 22.5. The minimum Gasteiger partial charge on any atom is -0.489 e. The van der Waals surface area contributed by atoms with E-state index >= 15 is 4.39 Å². The predicted octanol–water partition coefficient (Wildman–Crippen LogP) is 11.3. The van der Waals surface area contributed by atoms with Gasteiger partial charge in [-0.05, 0) is 146 Å². The maximum Gasteiger partial charge on any atom is 0.227 e. The van der Waals surface area contributed by atoms with E-state index in [-0.39, 0.29) is 23.9 Å². The third-order valence-corrected chi connectivity index (χ3v) is 23.9. The molecular weight excluding hydrogens is 1480 g/mol. The van der Waals surface area contributed by atoms with Crippen molar-refractivity contribution in [3.05, 3.63) is 181 Å². The van der Waals surface area contributed by atoms with Gasteiger partial charge in [0.2, 0.25) is 5.91 Å². The van der Waals surface area contributed by atoms with Crippen LogP contribution in [-0.2, 0) is 34.9 Å². The van der Waals surface area contributed by atoms with Gasteiger partial charge in [-0.25, -0.2) is 34.3 Å². The van der Waals surface area contributed by atoms with Gasteiger partial charge in [0.25, 0.3) is 0 Å². The molecule has 9 aliphatic rings. The minimum absolute atomic E-state index is 0.0288. The number of nitrogens with one attached hydrogen (secondary N) is 3. The molecule has 0 saturated carbocycles. The summed E-state index contributed by atoms with van der Waals surface area (Å²) >= 11 is -0.501. The molecule has 29 heteroatoms. The standard InChI is InChI=1S/C29H31FN6O3.C29H33N6O3S.C28H29N7O2/c30-25-16-22(2-3-26(25)36-11-9-35(10-12-36)23-18-38-19-23)33-28-5-8-32-29(34-28)20-1-4-27(21(15-20)17-31)39-24-6-13-37-14-7-24;30-18-22-17-21(1-6-27(22)38-26-8-15-39(36)16-9-26)29-31-10-7-28(33-29)32-23-2-4-24(5-3-23)34-11-13-35(14-12-34)25-19-37-20-25;29-17-21-16-20(3-8-25(21)35-11-1-2-27(35)36)28-30-10-9-26(32-28)31-22-4-6-23(7-5-22)33-12-14-34(15-13-33)24-18-37-19-24/h1-5,8,15-16,23-24H,6-7,9-14,18-19H2,(H,32,33,34);1-7,10,17,25-26,36H,8-9,11-16,19-20H2,(H,31,32,33);3-10,16,24H,1-2,11-15,18-19H2,(H,30,31,32)/q;+1;. The minimum atomic E-state index is -0.501. The number of amides is 1. The summed E-state index contributed by atoms with van der Waals surface area (Å²) in [5.74, 6) is 5.83. The highest BCUT2D eigenvalue weighted by atomic mass is 32.2. The molecule has 18 rings (SSSR count). The Kier molecular flexibility index (Phi) is 25.0. The number of aromatic nitrogens is 6. The van der Waals surface area contributed by atoms with Gasteiger partial charge in [0.15, 0.2) is 17.5 Å². The molecule has 9 saturated heterocycles. The number of halogens is 1. The zero-order chi connectivity index (χ0) is 78.4. The highest BCUT2D eigenvalue weighted by Gasteiger charge is 2.34. The number of carbonyl (C=O) groups excluding carboxylic acids is 1. The first kappa shape index (κ1) is 77.8. The van der Waals surface area contributed by atoms with E-state index in [0.29, 0.717) is 130 Å². The maximum atomic E-state index is 15.1. The van der Waals surface area contributed by atoms with Gasteiger partial charge in [0.1, 0.15) is 87.9 Å². The third kappa shape index (κ3) is 19.3. The van der Waals surface area contributed by atoms with Crippen LogP contribution in [0.3, 0.4) is 0 Å². The van der Waals surface area contributed by atoms with Crippen molar-refractivity contribution in [1.29, 1.82) is 15.8 Å². The predicted molar refractivity (Wildman–Crippen MR) is 440 cm³/mol. The lowest BCUT2D eigenvalue weighted by molar-refractivity contribution is -0.117. The van der Waals surface area contributed by atoms with Crippen LogP contribution >= 0.6 is 0 Å². The smallest absolute Gasteiger partial charge is 0.227 e. The quantitative estimate of drug-likeness (QED) is 0.0515. The normalized spacial score (nSPS) is 19.8. The average molecular weight is 1570 g/mol. The van der Waals surface area contributed by atoms with Gasteiger partial charge < -0.3 is 64.0 Å². The molecule has 0 bridgehead atoms. The van der Waals surface area contributed by atoms with Crippen molar-refractivity contribution in [3.8, 4) is 63.9 Å². The van der Waals surface area contributed by atoms with Gasteiger partial charge >= 0.3 is 0 Å². The number of nitriles is 3. The van der Waals surface area contributed by atoms with Crippen molar-refractivity contribution in [2.24, 2.45) is 0 Å². The number of benzene rings is 6. The fourth-order valence-corrected chi connectivity index (χ4v) is 16.8. The molecule has 9 fully saturated rings. The van der Waals surface area contributed by atoms with Crippen LogP contribution in [0.2, 0.25) is 0 Å². The molecule has 0 radical (unpaired) electrons. The molecular formula is C86H93FN19O8S+. The fraction of sp³-hybridized carbons (Fsp3) is 0.395. The Balaban J connectivity index is 0.000000130. The first-order valence-corrected chi connectivity index (χ1v) is 41.2. The van der Waals surface area contributed by atoms with Crippen LogP contribution in [0.15, 0.2) is 158 Å². The van der Waals surface area contributed by atoms with Gasteiger partial charge in [0.05, 0.1) is 99.0 Å². The van der Waals surface area contributed by atoms with Crippen LogP contribution in [0.25, 0.3) is 34.2 Å². The summed E-state index contributed by atoms with van der Waals surface area (Å²) in [6, 6.07) is 52.2. The number of nitrogens with zero attached hydrogens (tertiary/aromatic N) is 16. The number of hydrogen-bond acceptors (Lipinski definition) is 26. The Hall–Kier alpha value is -11.1. The van der Waals surface area contributed by atoms with Crippen LogP contribution in [0.5, 0.6) is 11.5 Å². The second kappa shape index (κ2) is 37.0. The summed E-state index contributed by atoms with van der Waals surface area (Å²) < 4.78 is 58.4. The highest BCUT2D eigenvalue weighted by molar-refractivity contribution is 7.91. The van der Waals surface area contributed by atoms with E-state index in [0.717, 1.165) is 184 Å². The second-order valence-electron chi connectivity index (χ2n) is 29.8. The molecule has 1 amide bonds. The van der Waals surface area contributed by atoms with Crippen LogP contribution in [0.1, 0.15) is 55.2 Å². The van der Waals surface area contributed by atoms with E-state index in [1.165, 1.54) is 17.4 Å². The summed E-state index contributed by atoms with van der Waals surface area (Å²) in [7, 11) is 0. The average Bonchev–Trinajstić information content (AvgIpc) is 1.80. The van der Waals surface area contributed by atoms with E-state index in [4.69, 9.17) is 33.4 Å². The van der Waals surface area contributed by atoms with Crippen molar-refractivity contribution >= 4 is 74.3 Å². The summed E-state index contributed by atoms with van der Waals surface area (Å²) in [4.78, 5) is 55.5. The molecule has 3 aromatic heterocycles. The Morgan fingerprint density at radius 2 is 0.843 bits per heavy atom. The van der Waals surface area contributed by atoms with E-state index in [2.05, 4.69) is 137 Å². The number of hydrogen-bond donors (Lipinski definition) is 4. The monoisotopic (exact) mass is 1570 g/mol. The van der Waals surface area contributed by atoms with Gasteiger partial charge in [0, 0.05) is 181 Å². The van der Waals surface area contributed by atoms with E-state index in [1.807, 2.05) is 54.6 Å². The molecule has 27 nitrogen and oxygen atoms in total. The Bertz CT molecular complexity index is 4970. The van der Waals surface area contributed by atoms with Gasteiger partial charge in [-0.1, -0.05) is 0 Å². The number of ether oxygens (including phenoxy) is 6. The van der Waals surface area contributed by atoms with Crippen LogP contribution in [0, 0.1) is 39.8 Å². The van der Waals surface area contributed by atoms with E-state index < -0.39 is 11.2 Å².